The van der Waals surface area contributed by atoms with E-state index in [9.17, 15) is 0 Å². The first-order valence-electron chi connectivity index (χ1n) is 5.91. The van der Waals surface area contributed by atoms with Crippen molar-refractivity contribution in [2.75, 3.05) is 33.4 Å². The van der Waals surface area contributed by atoms with Gasteiger partial charge in [0, 0.05) is 32.8 Å². The summed E-state index contributed by atoms with van der Waals surface area (Å²) < 4.78 is 11.1. The van der Waals surface area contributed by atoms with Gasteiger partial charge in [0.2, 0.25) is 0 Å². The predicted octanol–water partition coefficient (Wildman–Crippen LogP) is 0.850. The second kappa shape index (κ2) is 5.00. The maximum atomic E-state index is 6.02. The third kappa shape index (κ3) is 4.37. The average Bonchev–Trinajstić information content (AvgIpc) is 1.96. The van der Waals surface area contributed by atoms with Crippen molar-refractivity contribution in [1.29, 1.82) is 0 Å². The van der Waals surface area contributed by atoms with Gasteiger partial charge in [0.1, 0.15) is 0 Å². The highest BCUT2D eigenvalue weighted by molar-refractivity contribution is 4.90. The Hall–Kier alpha value is -0.160. The van der Waals surface area contributed by atoms with E-state index in [2.05, 4.69) is 32.6 Å². The molecule has 4 nitrogen and oxygen atoms in total. The molecule has 0 aromatic carbocycles. The van der Waals surface area contributed by atoms with Gasteiger partial charge in [-0.15, -0.1) is 0 Å². The fourth-order valence-corrected chi connectivity index (χ4v) is 2.67. The van der Waals surface area contributed by atoms with Crippen LogP contribution in [0.3, 0.4) is 0 Å². The lowest BCUT2D eigenvalue weighted by Crippen LogP contribution is -2.59. The van der Waals surface area contributed by atoms with Crippen molar-refractivity contribution in [2.45, 2.75) is 44.9 Å². The number of morpholine rings is 1. The number of methoxy groups -OCH3 is 1. The van der Waals surface area contributed by atoms with Crippen molar-refractivity contribution in [1.82, 2.24) is 4.90 Å². The van der Waals surface area contributed by atoms with E-state index in [4.69, 9.17) is 15.2 Å². The van der Waals surface area contributed by atoms with E-state index < -0.39 is 0 Å². The Balaban J connectivity index is 2.54. The van der Waals surface area contributed by atoms with Gasteiger partial charge in [-0.25, -0.2) is 0 Å². The van der Waals surface area contributed by atoms with Crippen LogP contribution in [0.1, 0.15) is 27.7 Å². The minimum Gasteiger partial charge on any atom is -0.383 e. The molecule has 1 saturated heterocycles. The predicted molar refractivity (Wildman–Crippen MR) is 65.5 cm³/mol. The summed E-state index contributed by atoms with van der Waals surface area (Å²) in [4.78, 5) is 2.37. The molecule has 96 valence electrons. The lowest BCUT2D eigenvalue weighted by atomic mass is 9.98. The fraction of sp³-hybridized carbons (Fsp3) is 1.00. The van der Waals surface area contributed by atoms with Gasteiger partial charge in [-0.05, 0) is 27.7 Å². The Morgan fingerprint density at radius 3 is 2.19 bits per heavy atom. The van der Waals surface area contributed by atoms with E-state index in [0.717, 1.165) is 19.6 Å². The second-order valence-electron chi connectivity index (χ2n) is 6.01. The van der Waals surface area contributed by atoms with Crippen LogP contribution in [-0.2, 0) is 9.47 Å². The third-order valence-corrected chi connectivity index (χ3v) is 2.63. The molecule has 0 aromatic heterocycles. The lowest BCUT2D eigenvalue weighted by Gasteiger charge is -2.47. The topological polar surface area (TPSA) is 47.7 Å². The molecule has 0 aliphatic carbocycles. The molecule has 4 heteroatoms. The second-order valence-corrected chi connectivity index (χ2v) is 6.01. The van der Waals surface area contributed by atoms with Crippen LogP contribution in [0.15, 0.2) is 0 Å². The third-order valence-electron chi connectivity index (χ3n) is 2.63. The summed E-state index contributed by atoms with van der Waals surface area (Å²) in [6.07, 6.45) is 0. The van der Waals surface area contributed by atoms with Gasteiger partial charge in [0.05, 0.1) is 17.8 Å². The van der Waals surface area contributed by atoms with Gasteiger partial charge in [0.25, 0.3) is 0 Å². The van der Waals surface area contributed by atoms with Gasteiger partial charge < -0.3 is 15.2 Å². The molecule has 0 amide bonds. The zero-order valence-corrected chi connectivity index (χ0v) is 11.2. The van der Waals surface area contributed by atoms with Gasteiger partial charge >= 0.3 is 0 Å². The van der Waals surface area contributed by atoms with Gasteiger partial charge in [-0.3, -0.25) is 4.90 Å². The molecule has 1 rings (SSSR count). The monoisotopic (exact) mass is 230 g/mol. The van der Waals surface area contributed by atoms with E-state index in [1.165, 1.54) is 0 Å². The fourth-order valence-electron chi connectivity index (χ4n) is 2.67. The van der Waals surface area contributed by atoms with E-state index in [0.29, 0.717) is 6.61 Å². The maximum Gasteiger partial charge on any atom is 0.0760 e. The average molecular weight is 230 g/mol. The van der Waals surface area contributed by atoms with Crippen molar-refractivity contribution < 1.29 is 9.47 Å². The summed E-state index contributed by atoms with van der Waals surface area (Å²) in [6, 6.07) is 0.0784. The molecule has 0 radical (unpaired) electrons. The number of nitrogens with zero attached hydrogens (tertiary/aromatic N) is 1. The number of hydrogen-bond donors (Lipinski definition) is 1. The van der Waals surface area contributed by atoms with Crippen molar-refractivity contribution >= 4 is 0 Å². The largest absolute Gasteiger partial charge is 0.383 e. The first-order chi connectivity index (χ1) is 7.24. The number of nitrogens with two attached hydrogens (primary N) is 1. The van der Waals surface area contributed by atoms with Crippen LogP contribution >= 0.6 is 0 Å². The highest BCUT2D eigenvalue weighted by Gasteiger charge is 2.38. The Morgan fingerprint density at radius 2 is 1.75 bits per heavy atom. The smallest absolute Gasteiger partial charge is 0.0760 e. The van der Waals surface area contributed by atoms with E-state index in [1.54, 1.807) is 7.11 Å². The van der Waals surface area contributed by atoms with E-state index in [1.807, 2.05) is 0 Å². The Labute approximate surface area is 99.1 Å². The summed E-state index contributed by atoms with van der Waals surface area (Å²) in [5.74, 6) is 0. The van der Waals surface area contributed by atoms with Crippen molar-refractivity contribution in [3.05, 3.63) is 0 Å². The highest BCUT2D eigenvalue weighted by Crippen LogP contribution is 2.27. The number of rotatable bonds is 4. The summed E-state index contributed by atoms with van der Waals surface area (Å²) in [5.41, 5.74) is 5.78. The van der Waals surface area contributed by atoms with Gasteiger partial charge in [0.15, 0.2) is 0 Å². The lowest BCUT2D eigenvalue weighted by molar-refractivity contribution is -0.181. The Bertz CT molecular complexity index is 213. The van der Waals surface area contributed by atoms with Crippen LogP contribution in [0.25, 0.3) is 0 Å². The normalized spacial score (nSPS) is 26.6. The molecule has 2 N–H and O–H groups in total. The summed E-state index contributed by atoms with van der Waals surface area (Å²) in [7, 11) is 1.69. The molecular weight excluding hydrogens is 204 g/mol. The molecule has 0 bridgehead atoms. The standard InChI is InChI=1S/C12H26N2O2/c1-11(2)8-14(6-10(13)7-15-5)9-12(3,4)16-11/h10H,6-9,13H2,1-5H3. The molecule has 1 aliphatic rings. The maximum absolute atomic E-state index is 6.02. The minimum absolute atomic E-state index is 0.0784. The van der Waals surface area contributed by atoms with Crippen molar-refractivity contribution in [3.63, 3.8) is 0 Å². The minimum atomic E-state index is -0.103. The Kier molecular flexibility index (Phi) is 4.35. The van der Waals surface area contributed by atoms with E-state index >= 15 is 0 Å². The van der Waals surface area contributed by atoms with Crippen LogP contribution in [0.2, 0.25) is 0 Å². The zero-order chi connectivity index (χ0) is 12.4. The van der Waals surface area contributed by atoms with Crippen LogP contribution in [0, 0.1) is 0 Å². The first-order valence-corrected chi connectivity index (χ1v) is 5.91. The molecule has 16 heavy (non-hydrogen) atoms. The quantitative estimate of drug-likeness (QED) is 0.778. The number of hydrogen-bond acceptors (Lipinski definition) is 4. The van der Waals surface area contributed by atoms with Gasteiger partial charge in [-0.2, -0.15) is 0 Å². The summed E-state index contributed by atoms with van der Waals surface area (Å²) in [5, 5.41) is 0. The van der Waals surface area contributed by atoms with Crippen LogP contribution in [0.4, 0.5) is 0 Å². The summed E-state index contributed by atoms with van der Waals surface area (Å²) in [6.45, 7) is 11.8. The van der Waals surface area contributed by atoms with Gasteiger partial charge in [-0.1, -0.05) is 0 Å². The number of ether oxygens (including phenoxy) is 2. The molecule has 1 heterocycles. The highest BCUT2D eigenvalue weighted by atomic mass is 16.5. The molecule has 0 spiro atoms. The molecule has 1 atom stereocenters. The SMILES string of the molecule is COCC(N)CN1CC(C)(C)OC(C)(C)C1. The molecule has 1 aliphatic heterocycles. The van der Waals surface area contributed by atoms with Crippen LogP contribution in [-0.4, -0.2) is 55.5 Å². The molecule has 1 unspecified atom stereocenters. The van der Waals surface area contributed by atoms with Crippen LogP contribution in [0.5, 0.6) is 0 Å². The summed E-state index contributed by atoms with van der Waals surface area (Å²) >= 11 is 0. The van der Waals surface area contributed by atoms with E-state index in [-0.39, 0.29) is 17.2 Å². The van der Waals surface area contributed by atoms with Crippen molar-refractivity contribution in [3.8, 4) is 0 Å². The molecule has 0 aromatic rings. The zero-order valence-electron chi connectivity index (χ0n) is 11.2. The first kappa shape index (κ1) is 13.9. The molecule has 1 fully saturated rings. The Morgan fingerprint density at radius 1 is 1.25 bits per heavy atom. The van der Waals surface area contributed by atoms with Crippen molar-refractivity contribution in [2.24, 2.45) is 5.73 Å². The molecule has 0 saturated carbocycles. The molecular formula is C12H26N2O2. The van der Waals surface area contributed by atoms with Crippen LogP contribution < -0.4 is 5.73 Å².